The van der Waals surface area contributed by atoms with Crippen molar-refractivity contribution in [1.82, 2.24) is 4.90 Å². The van der Waals surface area contributed by atoms with Crippen LogP contribution in [0.4, 0.5) is 9.18 Å². The summed E-state index contributed by atoms with van der Waals surface area (Å²) in [6.07, 6.45) is -0.379. The fraction of sp³-hybridized carbons (Fsp3) is 0.500. The van der Waals surface area contributed by atoms with Gasteiger partial charge in [-0.25, -0.2) is 4.79 Å². The number of carbonyl (C=O) groups excluding carboxylic acids is 1. The number of hydrogen-bond acceptors (Lipinski definition) is 3. The number of hydrogen-bond donors (Lipinski definition) is 1. The van der Waals surface area contributed by atoms with Gasteiger partial charge in [-0.05, 0) is 18.9 Å². The van der Waals surface area contributed by atoms with Crippen LogP contribution in [0.2, 0.25) is 0 Å². The van der Waals surface area contributed by atoms with Gasteiger partial charge < -0.3 is 14.7 Å². The zero-order valence-electron chi connectivity index (χ0n) is 12.5. The van der Waals surface area contributed by atoms with E-state index in [1.54, 1.807) is 0 Å². The summed E-state index contributed by atoms with van der Waals surface area (Å²) < 4.78 is 18.2. The summed E-state index contributed by atoms with van der Waals surface area (Å²) in [5.41, 5.74) is -0.295. The summed E-state index contributed by atoms with van der Waals surface area (Å²) in [6, 6.07) is 9.19. The summed E-state index contributed by atoms with van der Waals surface area (Å²) in [4.78, 5) is 24.8. The first kappa shape index (κ1) is 16.3. The summed E-state index contributed by atoms with van der Waals surface area (Å²) in [6.45, 7) is 1.22. The summed E-state index contributed by atoms with van der Waals surface area (Å²) in [5.74, 6) is -1.49. The molecule has 1 aliphatic heterocycles. The average Bonchev–Trinajstić information content (AvgIpc) is 2.52. The van der Waals surface area contributed by atoms with E-state index in [9.17, 15) is 19.1 Å². The third-order valence-corrected chi connectivity index (χ3v) is 3.96. The monoisotopic (exact) mass is 309 g/mol. The topological polar surface area (TPSA) is 66.8 Å². The highest BCUT2D eigenvalue weighted by Gasteiger charge is 2.43. The van der Waals surface area contributed by atoms with Gasteiger partial charge in [0.15, 0.2) is 0 Å². The first-order valence-corrected chi connectivity index (χ1v) is 7.19. The molecule has 0 aromatic heterocycles. The maximum Gasteiger partial charge on any atom is 0.410 e. The Morgan fingerprint density at radius 1 is 1.41 bits per heavy atom. The largest absolute Gasteiger partial charge is 0.481 e. The van der Waals surface area contributed by atoms with Crippen molar-refractivity contribution in [2.75, 3.05) is 19.8 Å². The van der Waals surface area contributed by atoms with Crippen molar-refractivity contribution in [3.05, 3.63) is 35.9 Å². The number of carboxylic acids is 1. The van der Waals surface area contributed by atoms with E-state index in [0.717, 1.165) is 5.56 Å². The third kappa shape index (κ3) is 3.75. The molecule has 1 fully saturated rings. The molecule has 120 valence electrons. The number of piperidine rings is 1. The number of carboxylic acid groups (broad SMARTS) is 1. The van der Waals surface area contributed by atoms with E-state index in [1.807, 2.05) is 30.3 Å². The van der Waals surface area contributed by atoms with Crippen LogP contribution in [0.3, 0.4) is 0 Å². The Bertz CT molecular complexity index is 536. The van der Waals surface area contributed by atoms with Crippen LogP contribution in [0.1, 0.15) is 18.9 Å². The SMILES string of the molecule is CC1(C(=O)O)CC(CF)CN(C(=O)OCc2ccccc2)C1. The number of rotatable bonds is 4. The lowest BCUT2D eigenvalue weighted by atomic mass is 9.77. The van der Waals surface area contributed by atoms with E-state index in [1.165, 1.54) is 11.8 Å². The second-order valence-electron chi connectivity index (χ2n) is 6.01. The molecule has 2 atom stereocenters. The van der Waals surface area contributed by atoms with Crippen LogP contribution in [-0.2, 0) is 16.1 Å². The standard InChI is InChI=1S/C16H20FNO4/c1-16(14(19)20)7-13(8-17)9-18(11-16)15(21)22-10-12-5-3-2-4-6-12/h2-6,13H,7-11H2,1H3,(H,19,20). The highest BCUT2D eigenvalue weighted by atomic mass is 19.1. The van der Waals surface area contributed by atoms with Gasteiger partial charge in [0.25, 0.3) is 0 Å². The highest BCUT2D eigenvalue weighted by molar-refractivity contribution is 5.76. The Morgan fingerprint density at radius 2 is 2.09 bits per heavy atom. The fourth-order valence-corrected chi connectivity index (χ4v) is 2.77. The molecule has 0 saturated carbocycles. The normalized spacial score (nSPS) is 24.8. The lowest BCUT2D eigenvalue weighted by molar-refractivity contribution is -0.152. The molecule has 1 aliphatic rings. The van der Waals surface area contributed by atoms with Crippen LogP contribution >= 0.6 is 0 Å². The molecular weight excluding hydrogens is 289 g/mol. The number of ether oxygens (including phenoxy) is 1. The van der Waals surface area contributed by atoms with Gasteiger partial charge in [-0.15, -0.1) is 0 Å². The lowest BCUT2D eigenvalue weighted by Crippen LogP contribution is -2.52. The zero-order chi connectivity index (χ0) is 16.2. The number of alkyl halides is 1. The number of carbonyl (C=O) groups is 2. The van der Waals surface area contributed by atoms with Crippen LogP contribution in [0, 0.1) is 11.3 Å². The molecule has 2 unspecified atom stereocenters. The van der Waals surface area contributed by atoms with Gasteiger partial charge >= 0.3 is 12.1 Å². The van der Waals surface area contributed by atoms with Crippen molar-refractivity contribution in [3.8, 4) is 0 Å². The molecule has 0 spiro atoms. The Kier molecular flexibility index (Phi) is 5.00. The van der Waals surface area contributed by atoms with E-state index in [2.05, 4.69) is 0 Å². The van der Waals surface area contributed by atoms with Gasteiger partial charge in [0.05, 0.1) is 12.1 Å². The number of nitrogens with zero attached hydrogens (tertiary/aromatic N) is 1. The first-order valence-electron chi connectivity index (χ1n) is 7.19. The van der Waals surface area contributed by atoms with Crippen molar-refractivity contribution in [3.63, 3.8) is 0 Å². The van der Waals surface area contributed by atoms with Gasteiger partial charge in [-0.2, -0.15) is 0 Å². The van der Waals surface area contributed by atoms with Gasteiger partial charge in [0.1, 0.15) is 6.61 Å². The highest BCUT2D eigenvalue weighted by Crippen LogP contribution is 2.33. The molecule has 1 N–H and O–H groups in total. The molecular formula is C16H20FNO4. The zero-order valence-corrected chi connectivity index (χ0v) is 12.5. The minimum atomic E-state index is -1.14. The predicted molar refractivity (Wildman–Crippen MR) is 78.0 cm³/mol. The van der Waals surface area contributed by atoms with Crippen LogP contribution in [-0.4, -0.2) is 41.8 Å². The number of amides is 1. The molecule has 1 aromatic carbocycles. The lowest BCUT2D eigenvalue weighted by Gasteiger charge is -2.40. The molecule has 5 nitrogen and oxygen atoms in total. The van der Waals surface area contributed by atoms with Crippen molar-refractivity contribution in [2.45, 2.75) is 20.0 Å². The maximum atomic E-state index is 13.0. The quantitative estimate of drug-likeness (QED) is 0.928. The van der Waals surface area contributed by atoms with Gasteiger partial charge in [-0.3, -0.25) is 9.18 Å². The molecule has 2 rings (SSSR count). The van der Waals surface area contributed by atoms with E-state index in [0.29, 0.717) is 0 Å². The molecule has 0 aliphatic carbocycles. The molecule has 6 heteroatoms. The van der Waals surface area contributed by atoms with Gasteiger partial charge in [-0.1, -0.05) is 30.3 Å². The second kappa shape index (κ2) is 6.77. The second-order valence-corrected chi connectivity index (χ2v) is 6.01. The van der Waals surface area contributed by atoms with E-state index >= 15 is 0 Å². The summed E-state index contributed by atoms with van der Waals surface area (Å²) in [5, 5.41) is 9.32. The Labute approximate surface area is 128 Å². The fourth-order valence-electron chi connectivity index (χ4n) is 2.77. The van der Waals surface area contributed by atoms with E-state index in [-0.39, 0.29) is 26.1 Å². The first-order chi connectivity index (χ1) is 10.4. The average molecular weight is 309 g/mol. The van der Waals surface area contributed by atoms with Crippen molar-refractivity contribution in [1.29, 1.82) is 0 Å². The molecule has 0 bridgehead atoms. The minimum Gasteiger partial charge on any atom is -0.481 e. The van der Waals surface area contributed by atoms with Crippen LogP contribution < -0.4 is 0 Å². The number of likely N-dealkylation sites (tertiary alicyclic amines) is 1. The number of benzene rings is 1. The Balaban J connectivity index is 2.00. The predicted octanol–water partition coefficient (Wildman–Crippen LogP) is 2.71. The summed E-state index contributed by atoms with van der Waals surface area (Å²) in [7, 11) is 0. The molecule has 22 heavy (non-hydrogen) atoms. The third-order valence-electron chi connectivity index (χ3n) is 3.96. The van der Waals surface area contributed by atoms with Crippen molar-refractivity contribution < 1.29 is 23.8 Å². The van der Waals surface area contributed by atoms with Crippen LogP contribution in [0.15, 0.2) is 30.3 Å². The molecule has 0 radical (unpaired) electrons. The number of aliphatic carboxylic acids is 1. The molecule has 1 aromatic rings. The van der Waals surface area contributed by atoms with Gasteiger partial charge in [0, 0.05) is 19.0 Å². The minimum absolute atomic E-state index is 0.0342. The van der Waals surface area contributed by atoms with Crippen LogP contribution in [0.5, 0.6) is 0 Å². The van der Waals surface area contributed by atoms with Crippen molar-refractivity contribution >= 4 is 12.1 Å². The Hall–Kier alpha value is -2.11. The molecule has 1 amide bonds. The smallest absolute Gasteiger partial charge is 0.410 e. The van der Waals surface area contributed by atoms with E-state index in [4.69, 9.17) is 4.74 Å². The summed E-state index contributed by atoms with van der Waals surface area (Å²) >= 11 is 0. The number of halogens is 1. The van der Waals surface area contributed by atoms with Crippen LogP contribution in [0.25, 0.3) is 0 Å². The molecule has 1 heterocycles. The van der Waals surface area contributed by atoms with E-state index < -0.39 is 30.1 Å². The maximum absolute atomic E-state index is 13.0. The van der Waals surface area contributed by atoms with Crippen molar-refractivity contribution in [2.24, 2.45) is 11.3 Å². The van der Waals surface area contributed by atoms with Gasteiger partial charge in [0.2, 0.25) is 0 Å². The molecule has 1 saturated heterocycles. The Morgan fingerprint density at radius 3 is 2.68 bits per heavy atom.